The average Bonchev–Trinajstić information content (AvgIpc) is 3.33. The molecule has 1 fully saturated rings. The van der Waals surface area contributed by atoms with Gasteiger partial charge in [0.2, 0.25) is 11.9 Å². The third-order valence-corrected chi connectivity index (χ3v) is 7.75. The summed E-state index contributed by atoms with van der Waals surface area (Å²) in [7, 11) is 1.37. The minimum absolute atomic E-state index is 0.00834. The molecule has 222 valence electrons. The highest BCUT2D eigenvalue weighted by atomic mass is 35.5. The Bertz CT molecular complexity index is 1500. The third-order valence-electron chi connectivity index (χ3n) is 7.48. The standard InChI is InChI=1S/C29H30ClF2N5O5/c1-15(27(39)35-23(14-38)17-9-18(31)11-20(10-17)41-2)37-13-16-3-4-21(25(32)24(16)28(37)40)26-22(30)12-33-29(36-26)34-19-5-7-42-8-6-19/h3-4,9-12,15,19,23,38H,5-8,13-14H2,1-2H3,(H,35,39)(H,33,34,36)/t15?,23-/m1/s1. The lowest BCUT2D eigenvalue weighted by Crippen LogP contribution is -2.46. The van der Waals surface area contributed by atoms with Gasteiger partial charge in [0.15, 0.2) is 0 Å². The van der Waals surface area contributed by atoms with Crippen LogP contribution in [0, 0.1) is 11.6 Å². The zero-order chi connectivity index (χ0) is 30.0. The number of aliphatic hydroxyl groups excluding tert-OH is 1. The Kier molecular flexibility index (Phi) is 8.85. The number of ether oxygens (including phenoxy) is 2. The van der Waals surface area contributed by atoms with Crippen LogP contribution >= 0.6 is 11.6 Å². The number of anilines is 1. The number of rotatable bonds is 9. The topological polar surface area (TPSA) is 126 Å². The predicted molar refractivity (Wildman–Crippen MR) is 150 cm³/mol. The number of carbonyl (C=O) groups excluding carboxylic acids is 2. The first kappa shape index (κ1) is 29.6. The second kappa shape index (κ2) is 12.6. The van der Waals surface area contributed by atoms with Crippen LogP contribution in [0.15, 0.2) is 36.5 Å². The largest absolute Gasteiger partial charge is 0.497 e. The van der Waals surface area contributed by atoms with Crippen molar-refractivity contribution in [1.82, 2.24) is 20.2 Å². The van der Waals surface area contributed by atoms with Gasteiger partial charge in [0.05, 0.1) is 42.2 Å². The molecule has 13 heteroatoms. The van der Waals surface area contributed by atoms with Crippen LogP contribution in [0.3, 0.4) is 0 Å². The van der Waals surface area contributed by atoms with Gasteiger partial charge in [-0.25, -0.2) is 18.7 Å². The number of nitrogens with zero attached hydrogens (tertiary/aromatic N) is 3. The van der Waals surface area contributed by atoms with Crippen LogP contribution in [0.1, 0.15) is 47.3 Å². The zero-order valence-corrected chi connectivity index (χ0v) is 23.8. The highest BCUT2D eigenvalue weighted by Gasteiger charge is 2.38. The fourth-order valence-electron chi connectivity index (χ4n) is 5.10. The molecule has 0 saturated carbocycles. The monoisotopic (exact) mass is 601 g/mol. The van der Waals surface area contributed by atoms with Crippen molar-refractivity contribution in [2.45, 2.75) is 44.4 Å². The van der Waals surface area contributed by atoms with Crippen molar-refractivity contribution in [1.29, 1.82) is 0 Å². The van der Waals surface area contributed by atoms with Gasteiger partial charge in [0.1, 0.15) is 23.4 Å². The van der Waals surface area contributed by atoms with Gasteiger partial charge in [0, 0.05) is 37.4 Å². The summed E-state index contributed by atoms with van der Waals surface area (Å²) in [5, 5.41) is 15.9. The number of carbonyl (C=O) groups is 2. The molecule has 2 atom stereocenters. The second-order valence-electron chi connectivity index (χ2n) is 10.2. The number of hydrogen-bond acceptors (Lipinski definition) is 8. The molecular formula is C29H30ClF2N5O5. The quantitative estimate of drug-likeness (QED) is 0.338. The summed E-state index contributed by atoms with van der Waals surface area (Å²) >= 11 is 6.36. The Morgan fingerprint density at radius 3 is 2.74 bits per heavy atom. The molecule has 2 aliphatic rings. The number of methoxy groups -OCH3 is 1. The van der Waals surface area contributed by atoms with Crippen LogP contribution in [0.4, 0.5) is 14.7 Å². The molecule has 5 rings (SSSR count). The van der Waals surface area contributed by atoms with E-state index in [2.05, 4.69) is 20.6 Å². The van der Waals surface area contributed by atoms with Gasteiger partial charge in [-0.15, -0.1) is 0 Å². The Morgan fingerprint density at radius 1 is 1.26 bits per heavy atom. The Hall–Kier alpha value is -3.87. The lowest BCUT2D eigenvalue weighted by Gasteiger charge is -2.26. The average molecular weight is 602 g/mol. The molecule has 1 aromatic heterocycles. The first-order chi connectivity index (χ1) is 20.2. The molecule has 2 aliphatic heterocycles. The number of halogens is 3. The fourth-order valence-corrected chi connectivity index (χ4v) is 5.29. The third kappa shape index (κ3) is 6.01. The van der Waals surface area contributed by atoms with Gasteiger partial charge in [-0.3, -0.25) is 9.59 Å². The smallest absolute Gasteiger partial charge is 0.258 e. The van der Waals surface area contributed by atoms with Crippen LogP contribution < -0.4 is 15.4 Å². The van der Waals surface area contributed by atoms with E-state index in [0.29, 0.717) is 18.8 Å². The van der Waals surface area contributed by atoms with Crippen molar-refractivity contribution in [3.63, 3.8) is 0 Å². The first-order valence-corrected chi connectivity index (χ1v) is 13.8. The minimum atomic E-state index is -1.03. The summed E-state index contributed by atoms with van der Waals surface area (Å²) in [6.07, 6.45) is 2.94. The summed E-state index contributed by atoms with van der Waals surface area (Å²) in [5.74, 6) is -2.18. The summed E-state index contributed by atoms with van der Waals surface area (Å²) in [5.41, 5.74) is 0.683. The number of nitrogens with one attached hydrogen (secondary N) is 2. The molecule has 1 saturated heterocycles. The van der Waals surface area contributed by atoms with E-state index in [4.69, 9.17) is 21.1 Å². The van der Waals surface area contributed by atoms with E-state index in [9.17, 15) is 19.1 Å². The minimum Gasteiger partial charge on any atom is -0.497 e. The summed E-state index contributed by atoms with van der Waals surface area (Å²) < 4.78 is 40.4. The molecular weight excluding hydrogens is 572 g/mol. The maximum atomic E-state index is 15.9. The zero-order valence-electron chi connectivity index (χ0n) is 23.0. The number of aromatic nitrogens is 2. The van der Waals surface area contributed by atoms with E-state index in [-0.39, 0.29) is 51.7 Å². The Labute approximate surface area is 246 Å². The highest BCUT2D eigenvalue weighted by Crippen LogP contribution is 2.35. The van der Waals surface area contributed by atoms with Crippen molar-refractivity contribution in [2.75, 3.05) is 32.2 Å². The number of aliphatic hydroxyl groups is 1. The van der Waals surface area contributed by atoms with Crippen molar-refractivity contribution in [2.24, 2.45) is 0 Å². The number of amides is 2. The molecule has 0 spiro atoms. The van der Waals surface area contributed by atoms with E-state index < -0.39 is 42.1 Å². The molecule has 1 unspecified atom stereocenters. The van der Waals surface area contributed by atoms with E-state index in [1.54, 1.807) is 6.07 Å². The lowest BCUT2D eigenvalue weighted by molar-refractivity contribution is -0.126. The predicted octanol–water partition coefficient (Wildman–Crippen LogP) is 3.87. The van der Waals surface area contributed by atoms with Crippen LogP contribution in [0.2, 0.25) is 5.02 Å². The van der Waals surface area contributed by atoms with Gasteiger partial charge in [-0.05, 0) is 49.1 Å². The molecule has 0 radical (unpaired) electrons. The van der Waals surface area contributed by atoms with Gasteiger partial charge < -0.3 is 30.1 Å². The van der Waals surface area contributed by atoms with Gasteiger partial charge >= 0.3 is 0 Å². The Morgan fingerprint density at radius 2 is 2.02 bits per heavy atom. The van der Waals surface area contributed by atoms with Gasteiger partial charge in [-0.2, -0.15) is 0 Å². The molecule has 10 nitrogen and oxygen atoms in total. The number of fused-ring (bicyclic) bond motifs is 1. The SMILES string of the molecule is COc1cc(F)cc([C@@H](CO)NC(=O)C(C)N2Cc3ccc(-c4nc(NC5CCOCC5)ncc4Cl)c(F)c3C2=O)c1. The van der Waals surface area contributed by atoms with E-state index in [0.717, 1.165) is 12.8 Å². The van der Waals surface area contributed by atoms with Crippen LogP contribution in [-0.2, 0) is 16.1 Å². The van der Waals surface area contributed by atoms with Crippen LogP contribution in [0.25, 0.3) is 11.3 Å². The summed E-state index contributed by atoms with van der Waals surface area (Å²) in [6.45, 7) is 2.20. The first-order valence-electron chi connectivity index (χ1n) is 13.4. The van der Waals surface area contributed by atoms with Crippen molar-refractivity contribution < 1.29 is 33.0 Å². The van der Waals surface area contributed by atoms with Crippen molar-refractivity contribution >= 4 is 29.4 Å². The van der Waals surface area contributed by atoms with E-state index in [1.807, 2.05) is 0 Å². The van der Waals surface area contributed by atoms with Crippen LogP contribution in [0.5, 0.6) is 5.75 Å². The summed E-state index contributed by atoms with van der Waals surface area (Å²) in [6, 6.07) is 5.05. The molecule has 2 amide bonds. The highest BCUT2D eigenvalue weighted by molar-refractivity contribution is 6.33. The second-order valence-corrected chi connectivity index (χ2v) is 10.6. The Balaban J connectivity index is 1.34. The molecule has 42 heavy (non-hydrogen) atoms. The van der Waals surface area contributed by atoms with Crippen molar-refractivity contribution in [3.8, 4) is 17.0 Å². The molecule has 3 aromatic rings. The summed E-state index contributed by atoms with van der Waals surface area (Å²) in [4.78, 5) is 36.4. The fraction of sp³-hybridized carbons (Fsp3) is 0.379. The lowest BCUT2D eigenvalue weighted by atomic mass is 10.0. The van der Waals surface area contributed by atoms with E-state index in [1.165, 1.54) is 49.4 Å². The van der Waals surface area contributed by atoms with Gasteiger partial charge in [-0.1, -0.05) is 17.7 Å². The van der Waals surface area contributed by atoms with Gasteiger partial charge in [0.25, 0.3) is 5.91 Å². The maximum absolute atomic E-state index is 15.9. The molecule has 3 heterocycles. The molecule has 0 bridgehead atoms. The molecule has 0 aliphatic carbocycles. The number of hydrogen-bond donors (Lipinski definition) is 3. The van der Waals surface area contributed by atoms with Crippen molar-refractivity contribution in [3.05, 3.63) is 69.9 Å². The molecule has 3 N–H and O–H groups in total. The molecule has 2 aromatic carbocycles. The van der Waals surface area contributed by atoms with Crippen LogP contribution in [-0.4, -0.2) is 70.8 Å². The maximum Gasteiger partial charge on any atom is 0.258 e. The van der Waals surface area contributed by atoms with E-state index >= 15 is 4.39 Å². The normalized spacial score (nSPS) is 16.6. The number of benzene rings is 2.